The Hall–Kier alpha value is -2.96. The van der Waals surface area contributed by atoms with Crippen molar-refractivity contribution < 1.29 is 19.2 Å². The van der Waals surface area contributed by atoms with Crippen LogP contribution in [0.1, 0.15) is 32.1 Å². The van der Waals surface area contributed by atoms with Gasteiger partial charge in [-0.25, -0.2) is 0 Å². The standard InChI is InChI=1S/C21H23N3O4/c25-18(10-12-24-20(27)16-7-1-2-8-17(16)21(24)28)22-14-5-3-6-15(13-14)23-11-4-9-19(23)26/h1-3,5-6,13,16-17H,4,7-12H2,(H,22,25)/t16-,17-/m0/s1. The summed E-state index contributed by atoms with van der Waals surface area (Å²) in [6.07, 6.45) is 6.52. The molecule has 2 fully saturated rings. The lowest BCUT2D eigenvalue weighted by Gasteiger charge is -2.17. The number of benzene rings is 1. The van der Waals surface area contributed by atoms with Crippen LogP contribution in [0.25, 0.3) is 0 Å². The highest BCUT2D eigenvalue weighted by Crippen LogP contribution is 2.35. The van der Waals surface area contributed by atoms with E-state index in [2.05, 4.69) is 5.32 Å². The van der Waals surface area contributed by atoms with Crippen LogP contribution in [0, 0.1) is 11.8 Å². The van der Waals surface area contributed by atoms with Crippen LogP contribution in [0.3, 0.4) is 0 Å². The summed E-state index contributed by atoms with van der Waals surface area (Å²) in [5.41, 5.74) is 1.36. The topological polar surface area (TPSA) is 86.8 Å². The Kier molecular flexibility index (Phi) is 4.98. The van der Waals surface area contributed by atoms with Crippen molar-refractivity contribution in [3.8, 4) is 0 Å². The normalized spacial score (nSPS) is 24.1. The Morgan fingerprint density at radius 3 is 2.43 bits per heavy atom. The van der Waals surface area contributed by atoms with E-state index in [1.807, 2.05) is 18.2 Å². The predicted molar refractivity (Wildman–Crippen MR) is 103 cm³/mol. The van der Waals surface area contributed by atoms with Crippen molar-refractivity contribution >= 4 is 35.0 Å². The van der Waals surface area contributed by atoms with E-state index in [0.29, 0.717) is 31.5 Å². The van der Waals surface area contributed by atoms with Crippen LogP contribution >= 0.6 is 0 Å². The Balaban J connectivity index is 1.34. The minimum Gasteiger partial charge on any atom is -0.326 e. The fraction of sp³-hybridized carbons (Fsp3) is 0.429. The summed E-state index contributed by atoms with van der Waals surface area (Å²) in [4.78, 5) is 52.1. The van der Waals surface area contributed by atoms with Gasteiger partial charge in [-0.1, -0.05) is 18.2 Å². The van der Waals surface area contributed by atoms with Crippen molar-refractivity contribution in [3.63, 3.8) is 0 Å². The summed E-state index contributed by atoms with van der Waals surface area (Å²) in [6, 6.07) is 7.17. The number of imide groups is 1. The van der Waals surface area contributed by atoms with E-state index in [-0.39, 0.29) is 48.4 Å². The average molecular weight is 381 g/mol. The van der Waals surface area contributed by atoms with Gasteiger partial charge in [0.1, 0.15) is 0 Å². The van der Waals surface area contributed by atoms with E-state index in [1.165, 1.54) is 4.90 Å². The quantitative estimate of drug-likeness (QED) is 0.625. The van der Waals surface area contributed by atoms with Crippen molar-refractivity contribution in [2.75, 3.05) is 23.3 Å². The Bertz CT molecular complexity index is 837. The number of hydrogen-bond acceptors (Lipinski definition) is 4. The van der Waals surface area contributed by atoms with Crippen molar-refractivity contribution in [1.29, 1.82) is 0 Å². The predicted octanol–water partition coefficient (Wildman–Crippen LogP) is 2.09. The highest BCUT2D eigenvalue weighted by molar-refractivity contribution is 6.06. The molecular weight excluding hydrogens is 358 g/mol. The minimum absolute atomic E-state index is 0.0528. The van der Waals surface area contributed by atoms with Crippen molar-refractivity contribution in [1.82, 2.24) is 4.90 Å². The number of nitrogens with one attached hydrogen (secondary N) is 1. The largest absolute Gasteiger partial charge is 0.326 e. The molecule has 0 bridgehead atoms. The van der Waals surface area contributed by atoms with Gasteiger partial charge in [0.25, 0.3) is 0 Å². The second-order valence-electron chi connectivity index (χ2n) is 7.48. The first-order valence-corrected chi connectivity index (χ1v) is 9.75. The van der Waals surface area contributed by atoms with Gasteiger partial charge < -0.3 is 10.2 Å². The molecule has 1 aromatic carbocycles. The molecule has 2 atom stereocenters. The number of allylic oxidation sites excluding steroid dienone is 2. The second kappa shape index (κ2) is 7.58. The summed E-state index contributed by atoms with van der Waals surface area (Å²) < 4.78 is 0. The van der Waals surface area contributed by atoms with E-state index < -0.39 is 0 Å². The van der Waals surface area contributed by atoms with Crippen molar-refractivity contribution in [2.45, 2.75) is 32.1 Å². The van der Waals surface area contributed by atoms with Gasteiger partial charge in [0.15, 0.2) is 0 Å². The number of nitrogens with zero attached hydrogens (tertiary/aromatic N) is 2. The van der Waals surface area contributed by atoms with Crippen LogP contribution < -0.4 is 10.2 Å². The van der Waals surface area contributed by atoms with Gasteiger partial charge in [-0.2, -0.15) is 0 Å². The monoisotopic (exact) mass is 381 g/mol. The lowest BCUT2D eigenvalue weighted by Crippen LogP contribution is -2.34. The van der Waals surface area contributed by atoms with E-state index in [9.17, 15) is 19.2 Å². The van der Waals surface area contributed by atoms with E-state index in [1.54, 1.807) is 23.1 Å². The molecule has 0 saturated carbocycles. The van der Waals surface area contributed by atoms with Gasteiger partial charge in [0.05, 0.1) is 11.8 Å². The van der Waals surface area contributed by atoms with Crippen molar-refractivity contribution in [2.24, 2.45) is 11.8 Å². The molecule has 1 aromatic rings. The third-order valence-electron chi connectivity index (χ3n) is 5.68. The summed E-state index contributed by atoms with van der Waals surface area (Å²) in [7, 11) is 0. The summed E-state index contributed by atoms with van der Waals surface area (Å²) in [5, 5.41) is 2.80. The first kappa shape index (κ1) is 18.4. The van der Waals surface area contributed by atoms with Crippen LogP contribution in [-0.2, 0) is 19.2 Å². The summed E-state index contributed by atoms with van der Waals surface area (Å²) in [5.74, 6) is -1.04. The molecule has 2 saturated heterocycles. The van der Waals surface area contributed by atoms with Gasteiger partial charge >= 0.3 is 0 Å². The summed E-state index contributed by atoms with van der Waals surface area (Å²) >= 11 is 0. The van der Waals surface area contributed by atoms with Gasteiger partial charge in [0.2, 0.25) is 23.6 Å². The zero-order valence-electron chi connectivity index (χ0n) is 15.6. The maximum absolute atomic E-state index is 12.4. The minimum atomic E-state index is -0.268. The number of fused-ring (bicyclic) bond motifs is 1. The number of carbonyl (C=O) groups is 4. The molecule has 0 spiro atoms. The molecule has 1 aliphatic carbocycles. The third-order valence-corrected chi connectivity index (χ3v) is 5.68. The van der Waals surface area contributed by atoms with Crippen LogP contribution in [-0.4, -0.2) is 41.6 Å². The Morgan fingerprint density at radius 2 is 1.79 bits per heavy atom. The molecule has 2 heterocycles. The Labute approximate surface area is 163 Å². The van der Waals surface area contributed by atoms with E-state index >= 15 is 0 Å². The average Bonchev–Trinajstić information content (AvgIpc) is 3.23. The number of anilines is 2. The zero-order chi connectivity index (χ0) is 19.7. The molecule has 146 valence electrons. The number of carbonyl (C=O) groups excluding carboxylic acids is 4. The van der Waals surface area contributed by atoms with Gasteiger partial charge in [0, 0.05) is 37.3 Å². The number of amides is 4. The maximum atomic E-state index is 12.4. The first-order valence-electron chi connectivity index (χ1n) is 9.75. The SMILES string of the molecule is O=C(CCN1C(=O)[C@H]2CC=CC[C@@H]2C1=O)Nc1cccc(N2CCCC2=O)c1. The smallest absolute Gasteiger partial charge is 0.233 e. The van der Waals surface area contributed by atoms with Crippen LogP contribution in [0.4, 0.5) is 11.4 Å². The molecule has 4 amide bonds. The maximum Gasteiger partial charge on any atom is 0.233 e. The highest BCUT2D eigenvalue weighted by Gasteiger charge is 2.46. The van der Waals surface area contributed by atoms with Gasteiger partial charge in [-0.15, -0.1) is 0 Å². The number of likely N-dealkylation sites (tertiary alicyclic amines) is 1. The molecule has 0 aromatic heterocycles. The molecule has 1 N–H and O–H groups in total. The third kappa shape index (κ3) is 3.44. The number of hydrogen-bond donors (Lipinski definition) is 1. The van der Waals surface area contributed by atoms with Crippen LogP contribution in [0.2, 0.25) is 0 Å². The first-order chi connectivity index (χ1) is 13.5. The molecule has 4 rings (SSSR count). The van der Waals surface area contributed by atoms with Crippen molar-refractivity contribution in [3.05, 3.63) is 36.4 Å². The van der Waals surface area contributed by atoms with E-state index in [4.69, 9.17) is 0 Å². The fourth-order valence-corrected chi connectivity index (χ4v) is 4.20. The molecule has 28 heavy (non-hydrogen) atoms. The lowest BCUT2D eigenvalue weighted by atomic mass is 9.85. The number of rotatable bonds is 5. The molecule has 0 unspecified atom stereocenters. The molecule has 0 radical (unpaired) electrons. The summed E-state index contributed by atoms with van der Waals surface area (Å²) in [6.45, 7) is 0.785. The lowest BCUT2D eigenvalue weighted by molar-refractivity contribution is -0.140. The second-order valence-corrected chi connectivity index (χ2v) is 7.48. The highest BCUT2D eigenvalue weighted by atomic mass is 16.2. The molecule has 3 aliphatic rings. The molecule has 7 nitrogen and oxygen atoms in total. The van der Waals surface area contributed by atoms with Crippen LogP contribution in [0.15, 0.2) is 36.4 Å². The fourth-order valence-electron chi connectivity index (χ4n) is 4.20. The zero-order valence-corrected chi connectivity index (χ0v) is 15.6. The van der Waals surface area contributed by atoms with Gasteiger partial charge in [-0.05, 0) is 37.5 Å². The van der Waals surface area contributed by atoms with E-state index in [0.717, 1.165) is 12.1 Å². The Morgan fingerprint density at radius 1 is 1.07 bits per heavy atom. The molecule has 2 aliphatic heterocycles. The molecular formula is C21H23N3O4. The van der Waals surface area contributed by atoms with Crippen LogP contribution in [0.5, 0.6) is 0 Å². The molecule has 7 heteroatoms. The van der Waals surface area contributed by atoms with Gasteiger partial charge in [-0.3, -0.25) is 24.1 Å².